The molecule has 0 aliphatic heterocycles. The SMILES string of the molecule is Nc1cc(S(=O)(=O)[O-])cc2cc(S(=O)(=O)O)cc(S(=O)(=O)O)c12.[Na+]. The number of nitrogen functional groups attached to an aromatic ring is 1. The first-order valence-corrected chi connectivity index (χ1v) is 9.78. The molecule has 0 amide bonds. The minimum Gasteiger partial charge on any atom is -0.744 e. The van der Waals surface area contributed by atoms with Crippen molar-refractivity contribution in [1.29, 1.82) is 0 Å². The molecule has 14 heteroatoms. The number of hydrogen-bond acceptors (Lipinski definition) is 8. The fraction of sp³-hybridized carbons (Fsp3) is 0. The summed E-state index contributed by atoms with van der Waals surface area (Å²) in [6.07, 6.45) is 0. The maximum atomic E-state index is 11.4. The zero-order valence-corrected chi connectivity index (χ0v) is 16.3. The summed E-state index contributed by atoms with van der Waals surface area (Å²) in [6, 6.07) is 2.52. The van der Waals surface area contributed by atoms with Crippen LogP contribution in [0.2, 0.25) is 0 Å². The van der Waals surface area contributed by atoms with Gasteiger partial charge in [0, 0.05) is 11.1 Å². The third kappa shape index (κ3) is 4.25. The summed E-state index contributed by atoms with van der Waals surface area (Å²) < 4.78 is 96.5. The van der Waals surface area contributed by atoms with E-state index in [2.05, 4.69) is 0 Å². The van der Waals surface area contributed by atoms with Crippen molar-refractivity contribution in [3.8, 4) is 0 Å². The van der Waals surface area contributed by atoms with Crippen LogP contribution in [0.1, 0.15) is 0 Å². The monoisotopic (exact) mass is 405 g/mol. The molecule has 2 aromatic carbocycles. The molecule has 0 aliphatic carbocycles. The minimum atomic E-state index is -4.97. The molecule has 0 saturated heterocycles. The molecule has 0 spiro atoms. The van der Waals surface area contributed by atoms with Gasteiger partial charge in [0.15, 0.2) is 0 Å². The molecule has 10 nitrogen and oxygen atoms in total. The van der Waals surface area contributed by atoms with Crippen molar-refractivity contribution in [1.82, 2.24) is 0 Å². The summed E-state index contributed by atoms with van der Waals surface area (Å²) in [5.41, 5.74) is 5.03. The third-order valence-electron chi connectivity index (χ3n) is 2.85. The van der Waals surface area contributed by atoms with Gasteiger partial charge in [0.2, 0.25) is 0 Å². The number of hydrogen-bond donors (Lipinski definition) is 3. The quantitative estimate of drug-likeness (QED) is 0.266. The van der Waals surface area contributed by atoms with Gasteiger partial charge in [-0.1, -0.05) is 0 Å². The predicted molar refractivity (Wildman–Crippen MR) is 76.0 cm³/mol. The Hall–Kier alpha value is -0.770. The Balaban J connectivity index is 0.00000288. The van der Waals surface area contributed by atoms with Crippen LogP contribution in [-0.4, -0.2) is 38.9 Å². The van der Waals surface area contributed by atoms with E-state index in [1.807, 2.05) is 0 Å². The second-order valence-electron chi connectivity index (χ2n) is 4.44. The fourth-order valence-corrected chi connectivity index (χ4v) is 3.88. The van der Waals surface area contributed by atoms with Crippen molar-refractivity contribution in [2.24, 2.45) is 0 Å². The maximum absolute atomic E-state index is 11.4. The van der Waals surface area contributed by atoms with Crippen LogP contribution < -0.4 is 35.3 Å². The largest absolute Gasteiger partial charge is 1.00 e. The van der Waals surface area contributed by atoms with Crippen LogP contribution in [0.5, 0.6) is 0 Å². The van der Waals surface area contributed by atoms with Crippen molar-refractivity contribution in [2.75, 3.05) is 5.73 Å². The first-order chi connectivity index (χ1) is 10.2. The van der Waals surface area contributed by atoms with Crippen LogP contribution >= 0.6 is 0 Å². The van der Waals surface area contributed by atoms with Gasteiger partial charge in [0.1, 0.15) is 15.0 Å². The molecule has 0 aromatic heterocycles. The molecule has 0 fully saturated rings. The van der Waals surface area contributed by atoms with Gasteiger partial charge in [0.25, 0.3) is 20.2 Å². The summed E-state index contributed by atoms with van der Waals surface area (Å²) in [5.74, 6) is 0. The van der Waals surface area contributed by atoms with Gasteiger partial charge >= 0.3 is 29.6 Å². The van der Waals surface area contributed by atoms with E-state index in [4.69, 9.17) is 10.3 Å². The summed E-state index contributed by atoms with van der Waals surface area (Å²) in [6.45, 7) is 0. The van der Waals surface area contributed by atoms with Gasteiger partial charge in [-0.3, -0.25) is 9.11 Å². The van der Waals surface area contributed by atoms with Crippen molar-refractivity contribution in [3.63, 3.8) is 0 Å². The fourth-order valence-electron chi connectivity index (χ4n) is 1.95. The van der Waals surface area contributed by atoms with Crippen molar-refractivity contribution in [2.45, 2.75) is 14.7 Å². The summed E-state index contributed by atoms with van der Waals surface area (Å²) in [7, 11) is -14.8. The molecule has 0 saturated carbocycles. The zero-order chi connectivity index (χ0) is 17.8. The van der Waals surface area contributed by atoms with E-state index in [9.17, 15) is 34.4 Å². The van der Waals surface area contributed by atoms with Gasteiger partial charge in [-0.2, -0.15) is 16.8 Å². The Morgan fingerprint density at radius 1 is 0.833 bits per heavy atom. The molecule has 0 unspecified atom stereocenters. The molecule has 126 valence electrons. The average Bonchev–Trinajstić information content (AvgIpc) is 2.33. The first-order valence-electron chi connectivity index (χ1n) is 5.49. The van der Waals surface area contributed by atoms with Crippen LogP contribution in [0.15, 0.2) is 39.0 Å². The Kier molecular flexibility index (Phi) is 5.77. The third-order valence-corrected chi connectivity index (χ3v) is 5.38. The standard InChI is InChI=1S/C10H9NO9S3.Na/c11-8-3-6(21(12,13)14)1-5-2-7(22(15,16)17)4-9(10(5)8)23(18,19)20;/h1-4H,11H2,(H,12,13,14)(H,15,16,17)(H,18,19,20);/q;+1/p-1. The Morgan fingerprint density at radius 2 is 1.33 bits per heavy atom. The molecular weight excluding hydrogens is 397 g/mol. The Morgan fingerprint density at radius 3 is 1.75 bits per heavy atom. The second kappa shape index (κ2) is 6.51. The molecule has 0 aliphatic rings. The zero-order valence-electron chi connectivity index (χ0n) is 11.9. The van der Waals surface area contributed by atoms with E-state index in [0.717, 1.165) is 0 Å². The number of anilines is 1. The molecule has 0 bridgehead atoms. The molecule has 24 heavy (non-hydrogen) atoms. The molecule has 0 radical (unpaired) electrons. The molecule has 4 N–H and O–H groups in total. The molecule has 0 atom stereocenters. The summed E-state index contributed by atoms with van der Waals surface area (Å²) in [5, 5.41) is -0.783. The molecule has 0 heterocycles. The molecule has 2 rings (SSSR count). The number of rotatable bonds is 3. The molecule has 2 aromatic rings. The van der Waals surface area contributed by atoms with Gasteiger partial charge in [0.05, 0.1) is 9.79 Å². The number of nitrogens with two attached hydrogens (primary N) is 1. The van der Waals surface area contributed by atoms with Crippen LogP contribution in [0, 0.1) is 0 Å². The predicted octanol–water partition coefficient (Wildman–Crippen LogP) is -3.18. The average molecular weight is 405 g/mol. The van der Waals surface area contributed by atoms with E-state index in [1.165, 1.54) is 0 Å². The Labute approximate surface area is 159 Å². The van der Waals surface area contributed by atoms with Crippen molar-refractivity contribution >= 4 is 46.8 Å². The van der Waals surface area contributed by atoms with Gasteiger partial charge in [-0.15, -0.1) is 0 Å². The van der Waals surface area contributed by atoms with Gasteiger partial charge in [-0.25, -0.2) is 8.42 Å². The van der Waals surface area contributed by atoms with Crippen LogP contribution in [0.25, 0.3) is 10.8 Å². The maximum Gasteiger partial charge on any atom is 1.00 e. The number of fused-ring (bicyclic) bond motifs is 1. The summed E-state index contributed by atoms with van der Waals surface area (Å²) >= 11 is 0. The second-order valence-corrected chi connectivity index (χ2v) is 8.63. The van der Waals surface area contributed by atoms with Crippen LogP contribution in [-0.2, 0) is 30.4 Å². The molecular formula is C10H8NNaO9S3. The van der Waals surface area contributed by atoms with E-state index in [-0.39, 0.29) is 34.9 Å². The smallest absolute Gasteiger partial charge is 0.744 e. The summed E-state index contributed by atoms with van der Waals surface area (Å²) in [4.78, 5) is -2.73. The van der Waals surface area contributed by atoms with E-state index < -0.39 is 56.1 Å². The van der Waals surface area contributed by atoms with Gasteiger partial charge in [-0.05, 0) is 29.7 Å². The normalized spacial score (nSPS) is 12.8. The topological polar surface area (TPSA) is 192 Å². The van der Waals surface area contributed by atoms with E-state index in [1.54, 1.807) is 0 Å². The first kappa shape index (κ1) is 21.3. The van der Waals surface area contributed by atoms with Crippen LogP contribution in [0.4, 0.5) is 5.69 Å². The van der Waals surface area contributed by atoms with E-state index in [0.29, 0.717) is 24.3 Å². The van der Waals surface area contributed by atoms with Crippen LogP contribution in [0.3, 0.4) is 0 Å². The minimum absolute atomic E-state index is 0. The van der Waals surface area contributed by atoms with Gasteiger partial charge < -0.3 is 10.3 Å². The number of benzene rings is 2. The van der Waals surface area contributed by atoms with E-state index >= 15 is 0 Å². The van der Waals surface area contributed by atoms with Crippen molar-refractivity contribution < 1.29 is 68.5 Å². The Bertz CT molecular complexity index is 1130. The van der Waals surface area contributed by atoms with Crippen molar-refractivity contribution in [3.05, 3.63) is 24.3 Å².